The van der Waals surface area contributed by atoms with Gasteiger partial charge in [-0.2, -0.15) is 5.11 Å². The molecule has 0 bridgehead atoms. The number of methoxy groups -OCH3 is 2. The van der Waals surface area contributed by atoms with Crippen molar-refractivity contribution in [3.63, 3.8) is 0 Å². The first-order valence-corrected chi connectivity index (χ1v) is 9.44. The molecule has 2 atom stereocenters. The molecular weight excluding hydrogens is 374 g/mol. The zero-order chi connectivity index (χ0) is 21.3. The fraction of sp³-hybridized carbons (Fsp3) is 0.500. The van der Waals surface area contributed by atoms with Gasteiger partial charge in [0.1, 0.15) is 0 Å². The van der Waals surface area contributed by atoms with E-state index in [1.54, 1.807) is 26.4 Å². The summed E-state index contributed by atoms with van der Waals surface area (Å²) < 4.78 is 16.2. The molecule has 1 aromatic carbocycles. The van der Waals surface area contributed by atoms with Crippen LogP contribution in [0.4, 0.5) is 0 Å². The molecule has 2 unspecified atom stereocenters. The second kappa shape index (κ2) is 11.0. The highest BCUT2D eigenvalue weighted by atomic mass is 16.5. The van der Waals surface area contributed by atoms with Crippen molar-refractivity contribution in [2.24, 2.45) is 16.1 Å². The lowest BCUT2D eigenvalue weighted by Crippen LogP contribution is -2.50. The van der Waals surface area contributed by atoms with E-state index in [1.165, 1.54) is 0 Å². The third-order valence-electron chi connectivity index (χ3n) is 4.41. The Hall–Kier alpha value is -2.30. The summed E-state index contributed by atoms with van der Waals surface area (Å²) in [4.78, 5) is 0. The second-order valence-corrected chi connectivity index (χ2v) is 6.87. The van der Waals surface area contributed by atoms with Gasteiger partial charge in [-0.05, 0) is 62.2 Å². The molecule has 1 aliphatic rings. The second-order valence-electron chi connectivity index (χ2n) is 6.87. The van der Waals surface area contributed by atoms with E-state index in [0.717, 1.165) is 23.3 Å². The molecule has 0 fully saturated rings. The van der Waals surface area contributed by atoms with Gasteiger partial charge < -0.3 is 24.6 Å². The summed E-state index contributed by atoms with van der Waals surface area (Å²) in [5.74, 6) is 5.70. The van der Waals surface area contributed by atoms with Crippen LogP contribution in [-0.4, -0.2) is 51.0 Å². The van der Waals surface area contributed by atoms with Crippen LogP contribution in [-0.2, 0) is 11.2 Å². The lowest BCUT2D eigenvalue weighted by molar-refractivity contribution is -0.0698. The smallest absolute Gasteiger partial charge is 0.268 e. The van der Waals surface area contributed by atoms with E-state index in [-0.39, 0.29) is 6.61 Å². The summed E-state index contributed by atoms with van der Waals surface area (Å²) in [5.41, 5.74) is 5.40. The van der Waals surface area contributed by atoms with Crippen LogP contribution in [0.3, 0.4) is 0 Å². The predicted octanol–water partition coefficient (Wildman–Crippen LogP) is 1.65. The van der Waals surface area contributed by atoms with Crippen molar-refractivity contribution in [3.05, 3.63) is 47.2 Å². The van der Waals surface area contributed by atoms with Gasteiger partial charge in [-0.15, -0.1) is 5.11 Å². The van der Waals surface area contributed by atoms with E-state index in [9.17, 15) is 5.11 Å². The number of allylic oxidation sites excluding steroid dienone is 2. The number of azo groups is 1. The van der Waals surface area contributed by atoms with Gasteiger partial charge in [-0.25, -0.2) is 5.43 Å². The molecule has 1 aromatic rings. The van der Waals surface area contributed by atoms with Crippen molar-refractivity contribution in [2.45, 2.75) is 32.2 Å². The number of hydrazine groups is 1. The van der Waals surface area contributed by atoms with Crippen molar-refractivity contribution in [1.29, 1.82) is 0 Å². The maximum absolute atomic E-state index is 10.2. The highest BCUT2D eigenvalue weighted by Gasteiger charge is 2.29. The van der Waals surface area contributed by atoms with Crippen molar-refractivity contribution >= 4 is 0 Å². The number of aliphatic hydroxyl groups excluding tert-OH is 1. The van der Waals surface area contributed by atoms with Gasteiger partial charge in [-0.3, -0.25) is 5.84 Å². The van der Waals surface area contributed by atoms with Gasteiger partial charge in [0.15, 0.2) is 11.5 Å². The van der Waals surface area contributed by atoms with Crippen molar-refractivity contribution in [2.75, 3.05) is 33.9 Å². The average molecular weight is 405 g/mol. The van der Waals surface area contributed by atoms with Crippen molar-refractivity contribution in [1.82, 2.24) is 10.7 Å². The Bertz CT molecular complexity index is 743. The number of nitrogens with zero attached hydrogens (tertiary/aromatic N) is 2. The number of benzene rings is 1. The molecule has 0 aliphatic carbocycles. The third kappa shape index (κ3) is 6.62. The normalized spacial score (nSPS) is 19.3. The summed E-state index contributed by atoms with van der Waals surface area (Å²) in [6, 6.07) is 5.81. The van der Waals surface area contributed by atoms with E-state index in [1.807, 2.05) is 32.0 Å². The number of nitrogens with one attached hydrogen (secondary N) is 2. The Labute approximate surface area is 171 Å². The Kier molecular flexibility index (Phi) is 8.74. The largest absolute Gasteiger partial charge is 0.493 e. The van der Waals surface area contributed by atoms with Gasteiger partial charge in [0, 0.05) is 6.54 Å². The standard InChI is InChI=1S/C20H31N5O4/c1-14(2)17-7-9-20(24-21,25-23-17)29-13-16(26)12-22-10-8-15-5-6-18(27-3)19(11-15)28-4/h5-7,9,11,16,22,24,26H,8,10,12-13,21H2,1-4H3. The first-order chi connectivity index (χ1) is 13.9. The highest BCUT2D eigenvalue weighted by Crippen LogP contribution is 2.27. The maximum Gasteiger partial charge on any atom is 0.268 e. The lowest BCUT2D eigenvalue weighted by Gasteiger charge is -2.27. The Balaban J connectivity index is 1.75. The van der Waals surface area contributed by atoms with Crippen LogP contribution >= 0.6 is 0 Å². The van der Waals surface area contributed by atoms with Gasteiger partial charge in [0.2, 0.25) is 0 Å². The van der Waals surface area contributed by atoms with E-state index in [0.29, 0.717) is 24.6 Å². The molecule has 9 heteroatoms. The van der Waals surface area contributed by atoms with Crippen LogP contribution in [0, 0.1) is 0 Å². The summed E-state index contributed by atoms with van der Waals surface area (Å²) in [5, 5.41) is 21.6. The number of hydrogen-bond donors (Lipinski definition) is 4. The van der Waals surface area contributed by atoms with Gasteiger partial charge in [0.05, 0.1) is 32.6 Å². The molecule has 0 saturated carbocycles. The minimum absolute atomic E-state index is 0.0427. The molecular formula is C20H31N5O4. The van der Waals surface area contributed by atoms with E-state index < -0.39 is 12.0 Å². The summed E-state index contributed by atoms with van der Waals surface area (Å²) >= 11 is 0. The molecule has 0 aromatic heterocycles. The van der Waals surface area contributed by atoms with Crippen LogP contribution in [0.15, 0.2) is 51.8 Å². The molecule has 2 rings (SSSR count). The molecule has 9 nitrogen and oxygen atoms in total. The zero-order valence-corrected chi connectivity index (χ0v) is 17.4. The Morgan fingerprint density at radius 2 is 2.00 bits per heavy atom. The molecule has 0 amide bonds. The SMILES string of the molecule is COc1ccc(CCNCC(O)COC2(NN)C=CC(=C(C)C)N=N2)cc1OC. The molecule has 5 N–H and O–H groups in total. The molecule has 0 saturated heterocycles. The molecule has 0 radical (unpaired) electrons. The first-order valence-electron chi connectivity index (χ1n) is 9.44. The van der Waals surface area contributed by atoms with E-state index in [4.69, 9.17) is 20.1 Å². The first kappa shape index (κ1) is 23.0. The fourth-order valence-electron chi connectivity index (χ4n) is 2.67. The Morgan fingerprint density at radius 1 is 1.24 bits per heavy atom. The van der Waals surface area contributed by atoms with Crippen molar-refractivity contribution in [3.8, 4) is 11.5 Å². The lowest BCUT2D eigenvalue weighted by atomic mass is 10.1. The fourth-order valence-corrected chi connectivity index (χ4v) is 2.67. The highest BCUT2D eigenvalue weighted by molar-refractivity contribution is 5.42. The van der Waals surface area contributed by atoms with Gasteiger partial charge >= 0.3 is 0 Å². The summed E-state index contributed by atoms with van der Waals surface area (Å²) in [7, 11) is 3.22. The van der Waals surface area contributed by atoms with E-state index >= 15 is 0 Å². The molecule has 160 valence electrons. The molecule has 29 heavy (non-hydrogen) atoms. The minimum atomic E-state index is -1.26. The maximum atomic E-state index is 10.2. The number of hydrogen-bond acceptors (Lipinski definition) is 9. The number of rotatable bonds is 11. The van der Waals surface area contributed by atoms with Crippen LogP contribution < -0.4 is 26.1 Å². The topological polar surface area (TPSA) is 123 Å². The monoisotopic (exact) mass is 405 g/mol. The van der Waals surface area contributed by atoms with Crippen LogP contribution in [0.25, 0.3) is 0 Å². The van der Waals surface area contributed by atoms with E-state index in [2.05, 4.69) is 21.0 Å². The van der Waals surface area contributed by atoms with Gasteiger partial charge in [-0.1, -0.05) is 6.07 Å². The quantitative estimate of drug-likeness (QED) is 0.191. The van der Waals surface area contributed by atoms with Crippen LogP contribution in [0.2, 0.25) is 0 Å². The predicted molar refractivity (Wildman–Crippen MR) is 111 cm³/mol. The third-order valence-corrected chi connectivity index (χ3v) is 4.41. The zero-order valence-electron chi connectivity index (χ0n) is 17.4. The molecule has 1 aliphatic heterocycles. The van der Waals surface area contributed by atoms with Crippen LogP contribution in [0.1, 0.15) is 19.4 Å². The molecule has 1 heterocycles. The number of ether oxygens (including phenoxy) is 3. The number of aliphatic hydroxyl groups is 1. The number of nitrogens with two attached hydrogens (primary N) is 1. The molecule has 0 spiro atoms. The minimum Gasteiger partial charge on any atom is -0.493 e. The summed E-state index contributed by atoms with van der Waals surface area (Å²) in [6.07, 6.45) is 3.53. The van der Waals surface area contributed by atoms with Crippen molar-refractivity contribution < 1.29 is 19.3 Å². The summed E-state index contributed by atoms with van der Waals surface area (Å²) in [6.45, 7) is 4.99. The average Bonchev–Trinajstić information content (AvgIpc) is 2.75. The Morgan fingerprint density at radius 3 is 2.59 bits per heavy atom. The van der Waals surface area contributed by atoms with Gasteiger partial charge in [0.25, 0.3) is 5.85 Å². The van der Waals surface area contributed by atoms with Crippen LogP contribution in [0.5, 0.6) is 11.5 Å².